The summed E-state index contributed by atoms with van der Waals surface area (Å²) >= 11 is 0. The standard InChI is InChI=1S/C72H98N2O22/c1-72(2,3)96-67(75)55-92-45-44-88-37-36-84-34-35-87-40-43-91-48-51-95-58-53-56(93-49-46-89-41-38-85-32-30-82-28-26-80-24-22-73(70(76)78-4)68-63-18-10-6-14-59(63)60-15-7-11-19-64(60)68)52-57(54-58)94-50-47-90-42-39-86-33-31-83-29-27-81-25-23-74(71(77)79-5)69-65-20-12-8-16-61(65)62-17-9-13-21-66(62)69/h6-21,52-54,68-69H,22-51,55H2,1-5H3. The van der Waals surface area contributed by atoms with Gasteiger partial charge in [0, 0.05) is 31.3 Å². The normalized spacial score (nSPS) is 12.4. The van der Waals surface area contributed by atoms with Crippen LogP contribution in [0.25, 0.3) is 22.3 Å². The highest BCUT2D eigenvalue weighted by molar-refractivity contribution is 5.82. The van der Waals surface area contributed by atoms with Gasteiger partial charge >= 0.3 is 18.2 Å². The van der Waals surface area contributed by atoms with E-state index in [9.17, 15) is 14.4 Å². The van der Waals surface area contributed by atoms with Crippen LogP contribution in [0.15, 0.2) is 115 Å². The zero-order chi connectivity index (χ0) is 67.7. The van der Waals surface area contributed by atoms with E-state index in [1.807, 2.05) is 48.5 Å². The minimum absolute atomic E-state index is 0.117. The number of amides is 2. The third-order valence-corrected chi connectivity index (χ3v) is 14.7. The van der Waals surface area contributed by atoms with E-state index in [0.29, 0.717) is 189 Å². The first-order chi connectivity index (χ1) is 47.1. The maximum atomic E-state index is 13.0. The Labute approximate surface area is 564 Å². The van der Waals surface area contributed by atoms with Crippen LogP contribution in [0.3, 0.4) is 0 Å². The minimum atomic E-state index is -0.549. The molecule has 24 nitrogen and oxygen atoms in total. The number of methoxy groups -OCH3 is 2. The SMILES string of the molecule is COC(=O)N(CCOCCOCCOCCOCCOc1cc(OCCOCCOCCOCCOCCOCC(=O)OC(C)(C)C)cc(OCCOCCOCCOCCOCCN(C(=O)OC)C2c3ccccc3-c3ccccc32)c1)C1c2ccccc2-c2ccccc21. The van der Waals surface area contributed by atoms with Crippen molar-refractivity contribution < 1.29 is 104 Å². The lowest BCUT2D eigenvalue weighted by Gasteiger charge is -2.29. The molecule has 528 valence electrons. The summed E-state index contributed by atoms with van der Waals surface area (Å²) in [5, 5.41) is 0. The second kappa shape index (κ2) is 44.7. The van der Waals surface area contributed by atoms with Gasteiger partial charge in [0.05, 0.1) is 191 Å². The fourth-order valence-corrected chi connectivity index (χ4v) is 10.5. The molecule has 2 amide bonds. The molecule has 0 saturated carbocycles. The predicted octanol–water partition coefficient (Wildman–Crippen LogP) is 9.06. The van der Waals surface area contributed by atoms with Crippen molar-refractivity contribution in [3.05, 3.63) is 138 Å². The monoisotopic (exact) mass is 1340 g/mol. The van der Waals surface area contributed by atoms with Gasteiger partial charge in [-0.25, -0.2) is 14.4 Å². The Morgan fingerprint density at radius 3 is 0.802 bits per heavy atom. The number of benzene rings is 5. The van der Waals surface area contributed by atoms with Crippen LogP contribution in [0, 0.1) is 0 Å². The highest BCUT2D eigenvalue weighted by Gasteiger charge is 2.37. The largest absolute Gasteiger partial charge is 0.491 e. The van der Waals surface area contributed by atoms with E-state index in [1.165, 1.54) is 14.2 Å². The Morgan fingerprint density at radius 2 is 0.552 bits per heavy atom. The lowest BCUT2D eigenvalue weighted by Crippen LogP contribution is -2.37. The lowest BCUT2D eigenvalue weighted by molar-refractivity contribution is -0.160. The third kappa shape index (κ3) is 27.1. The van der Waals surface area contributed by atoms with Crippen molar-refractivity contribution in [3.63, 3.8) is 0 Å². The summed E-state index contributed by atoms with van der Waals surface area (Å²) in [6.45, 7) is 16.0. The zero-order valence-electron chi connectivity index (χ0n) is 56.4. The van der Waals surface area contributed by atoms with Gasteiger partial charge in [-0.3, -0.25) is 9.80 Å². The second-order valence-corrected chi connectivity index (χ2v) is 22.7. The molecule has 0 heterocycles. The van der Waals surface area contributed by atoms with Gasteiger partial charge in [-0.1, -0.05) is 97.1 Å². The molecular weight excluding hydrogens is 1240 g/mol. The maximum Gasteiger partial charge on any atom is 0.410 e. The van der Waals surface area contributed by atoms with Crippen LogP contribution in [-0.2, 0) is 80.6 Å². The van der Waals surface area contributed by atoms with E-state index in [0.717, 1.165) is 44.5 Å². The molecule has 7 rings (SSSR count). The van der Waals surface area contributed by atoms with Crippen LogP contribution < -0.4 is 14.2 Å². The average Bonchev–Trinajstić information content (AvgIpc) is 1.61. The van der Waals surface area contributed by atoms with E-state index >= 15 is 0 Å². The van der Waals surface area contributed by atoms with Gasteiger partial charge in [0.1, 0.15) is 49.3 Å². The number of carbonyl (C=O) groups excluding carboxylic acids is 3. The van der Waals surface area contributed by atoms with Crippen LogP contribution in [0.5, 0.6) is 17.2 Å². The number of esters is 1. The van der Waals surface area contributed by atoms with Crippen LogP contribution >= 0.6 is 0 Å². The molecule has 0 aliphatic heterocycles. The Kier molecular flexibility index (Phi) is 35.6. The van der Waals surface area contributed by atoms with Gasteiger partial charge in [-0.15, -0.1) is 0 Å². The summed E-state index contributed by atoms with van der Waals surface area (Å²) in [4.78, 5) is 41.1. The van der Waals surface area contributed by atoms with E-state index in [2.05, 4.69) is 48.5 Å². The first kappa shape index (κ1) is 76.4. The van der Waals surface area contributed by atoms with E-state index < -0.39 is 23.8 Å². The highest BCUT2D eigenvalue weighted by atomic mass is 16.6. The second-order valence-electron chi connectivity index (χ2n) is 22.7. The van der Waals surface area contributed by atoms with Crippen molar-refractivity contribution in [2.75, 3.05) is 219 Å². The molecular formula is C72H98N2O22. The molecule has 2 aliphatic rings. The van der Waals surface area contributed by atoms with Gasteiger partial charge in [-0.05, 0) is 65.3 Å². The molecule has 5 aromatic rings. The summed E-state index contributed by atoms with van der Waals surface area (Å²) in [5.74, 6) is 1.19. The van der Waals surface area contributed by atoms with Crippen LogP contribution in [0.4, 0.5) is 9.59 Å². The molecule has 2 aliphatic carbocycles. The van der Waals surface area contributed by atoms with Gasteiger partial charge in [0.2, 0.25) is 0 Å². The Bertz CT molecular complexity index is 2750. The summed E-state index contributed by atoms with van der Waals surface area (Å²) in [6.07, 6.45) is -0.826. The van der Waals surface area contributed by atoms with Crippen molar-refractivity contribution in [1.29, 1.82) is 0 Å². The molecule has 5 aromatic carbocycles. The highest BCUT2D eigenvalue weighted by Crippen LogP contribution is 2.47. The van der Waals surface area contributed by atoms with Gasteiger partial charge < -0.3 is 90.0 Å². The summed E-state index contributed by atoms with van der Waals surface area (Å²) in [5.41, 5.74) is 8.17. The zero-order valence-corrected chi connectivity index (χ0v) is 56.4. The van der Waals surface area contributed by atoms with Crippen LogP contribution in [0.1, 0.15) is 55.1 Å². The molecule has 0 N–H and O–H groups in total. The van der Waals surface area contributed by atoms with Crippen molar-refractivity contribution in [2.24, 2.45) is 0 Å². The summed E-state index contributed by atoms with van der Waals surface area (Å²) in [7, 11) is 2.79. The van der Waals surface area contributed by atoms with Crippen molar-refractivity contribution in [1.82, 2.24) is 9.80 Å². The number of rotatable bonds is 52. The van der Waals surface area contributed by atoms with Gasteiger partial charge in [0.25, 0.3) is 0 Å². The predicted molar refractivity (Wildman–Crippen MR) is 355 cm³/mol. The average molecular weight is 1340 g/mol. The molecule has 0 aromatic heterocycles. The molecule has 0 radical (unpaired) electrons. The van der Waals surface area contributed by atoms with Gasteiger partial charge in [0.15, 0.2) is 0 Å². The quantitative estimate of drug-likeness (QED) is 0.0201. The molecule has 0 unspecified atom stereocenters. The minimum Gasteiger partial charge on any atom is -0.491 e. The van der Waals surface area contributed by atoms with E-state index in [4.69, 9.17) is 90.0 Å². The summed E-state index contributed by atoms with van der Waals surface area (Å²) < 4.78 is 107. The number of ether oxygens (including phenoxy) is 19. The molecule has 0 atom stereocenters. The molecule has 0 spiro atoms. The first-order valence-electron chi connectivity index (χ1n) is 32.9. The van der Waals surface area contributed by atoms with E-state index in [1.54, 1.807) is 48.8 Å². The molecule has 0 fully saturated rings. The molecule has 24 heteroatoms. The molecule has 0 bridgehead atoms. The number of hydrogen-bond acceptors (Lipinski definition) is 22. The lowest BCUT2D eigenvalue weighted by atomic mass is 10.0. The smallest absolute Gasteiger partial charge is 0.410 e. The van der Waals surface area contributed by atoms with Crippen LogP contribution in [0.2, 0.25) is 0 Å². The van der Waals surface area contributed by atoms with Crippen molar-refractivity contribution in [2.45, 2.75) is 38.5 Å². The Hall–Kier alpha value is -7.01. The number of fused-ring (bicyclic) bond motifs is 6. The van der Waals surface area contributed by atoms with Gasteiger partial charge in [-0.2, -0.15) is 0 Å². The van der Waals surface area contributed by atoms with Crippen molar-refractivity contribution in [3.8, 4) is 39.5 Å². The van der Waals surface area contributed by atoms with Crippen LogP contribution in [-0.4, -0.2) is 252 Å². The fraction of sp³-hybridized carbons (Fsp3) is 0.542. The number of carbonyl (C=O) groups is 3. The van der Waals surface area contributed by atoms with Crippen molar-refractivity contribution >= 4 is 18.2 Å². The number of hydrogen-bond donors (Lipinski definition) is 0. The first-order valence-corrected chi connectivity index (χ1v) is 32.9. The fourth-order valence-electron chi connectivity index (χ4n) is 10.5. The number of nitrogens with zero attached hydrogens (tertiary/aromatic N) is 2. The Balaban J connectivity index is 0.712. The van der Waals surface area contributed by atoms with E-state index in [-0.39, 0.29) is 45.1 Å². The maximum absolute atomic E-state index is 13.0. The molecule has 0 saturated heterocycles. The third-order valence-electron chi connectivity index (χ3n) is 14.7. The molecule has 96 heavy (non-hydrogen) atoms. The topological polar surface area (TPSA) is 233 Å². The summed E-state index contributed by atoms with van der Waals surface area (Å²) in [6, 6.07) is 37.4. The Morgan fingerprint density at radius 1 is 0.323 bits per heavy atom.